The van der Waals surface area contributed by atoms with Crippen molar-refractivity contribution < 1.29 is 24.2 Å². The average Bonchev–Trinajstić information content (AvgIpc) is 2.52. The third kappa shape index (κ3) is 7.76. The lowest BCUT2D eigenvalue weighted by Crippen LogP contribution is -2.47. The number of esters is 1. The summed E-state index contributed by atoms with van der Waals surface area (Å²) in [5.41, 5.74) is -2.06. The van der Waals surface area contributed by atoms with Gasteiger partial charge in [0.25, 0.3) is 0 Å². The van der Waals surface area contributed by atoms with E-state index >= 15 is 0 Å². The van der Waals surface area contributed by atoms with E-state index in [1.807, 2.05) is 0 Å². The molecule has 0 amide bonds. The molecule has 148 valence electrons. The molecule has 5 nitrogen and oxygen atoms in total. The van der Waals surface area contributed by atoms with Crippen molar-refractivity contribution in [3.8, 4) is 0 Å². The lowest BCUT2D eigenvalue weighted by Gasteiger charge is -2.43. The fourth-order valence-electron chi connectivity index (χ4n) is 3.60. The van der Waals surface area contributed by atoms with E-state index in [2.05, 4.69) is 20.8 Å². The van der Waals surface area contributed by atoms with Crippen LogP contribution in [0.3, 0.4) is 0 Å². The lowest BCUT2D eigenvalue weighted by molar-refractivity contribution is -0.321. The Kier molecular flexibility index (Phi) is 9.70. The zero-order valence-electron chi connectivity index (χ0n) is 17.2. The topological polar surface area (TPSA) is 75.7 Å². The van der Waals surface area contributed by atoms with Gasteiger partial charge >= 0.3 is 5.97 Å². The van der Waals surface area contributed by atoms with Crippen molar-refractivity contribution in [2.24, 2.45) is 16.2 Å². The highest BCUT2D eigenvalue weighted by Crippen LogP contribution is 2.46. The Balaban J connectivity index is 5.23. The lowest BCUT2D eigenvalue weighted by atomic mass is 9.64. The van der Waals surface area contributed by atoms with Crippen LogP contribution in [0.25, 0.3) is 0 Å². The van der Waals surface area contributed by atoms with E-state index in [9.17, 15) is 14.7 Å². The standard InChI is InChI=1S/C20H38O5/c1-8-10-11-19(5,9-2)15-20(6,16(21)22)14-18(3,4)17(23)25-13-12-24-7/h8-15H2,1-7H3,(H,21,22)/p-1. The summed E-state index contributed by atoms with van der Waals surface area (Å²) < 4.78 is 10.1. The number of carboxylic acids is 1. The minimum Gasteiger partial charge on any atom is -0.550 e. The van der Waals surface area contributed by atoms with E-state index in [0.29, 0.717) is 13.0 Å². The molecule has 0 N–H and O–H groups in total. The van der Waals surface area contributed by atoms with Gasteiger partial charge in [0, 0.05) is 18.5 Å². The molecule has 0 aromatic carbocycles. The number of methoxy groups -OCH3 is 1. The first-order valence-corrected chi connectivity index (χ1v) is 9.34. The Morgan fingerprint density at radius 3 is 2.04 bits per heavy atom. The largest absolute Gasteiger partial charge is 0.550 e. The summed E-state index contributed by atoms with van der Waals surface area (Å²) >= 11 is 0. The van der Waals surface area contributed by atoms with E-state index in [-0.39, 0.29) is 18.4 Å². The molecule has 0 bridgehead atoms. The first-order valence-electron chi connectivity index (χ1n) is 9.34. The zero-order valence-corrected chi connectivity index (χ0v) is 17.2. The molecule has 0 aromatic heterocycles. The molecule has 0 saturated carbocycles. The van der Waals surface area contributed by atoms with Gasteiger partial charge in [0.05, 0.1) is 12.0 Å². The van der Waals surface area contributed by atoms with Crippen LogP contribution in [-0.4, -0.2) is 32.3 Å². The number of hydrogen-bond acceptors (Lipinski definition) is 5. The first kappa shape index (κ1) is 23.9. The van der Waals surface area contributed by atoms with E-state index in [1.54, 1.807) is 20.8 Å². The van der Waals surface area contributed by atoms with Crippen molar-refractivity contribution in [1.82, 2.24) is 0 Å². The smallest absolute Gasteiger partial charge is 0.311 e. The van der Waals surface area contributed by atoms with Crippen molar-refractivity contribution in [3.63, 3.8) is 0 Å². The van der Waals surface area contributed by atoms with Gasteiger partial charge in [-0.15, -0.1) is 0 Å². The quantitative estimate of drug-likeness (QED) is 0.373. The van der Waals surface area contributed by atoms with Crippen molar-refractivity contribution in [2.75, 3.05) is 20.3 Å². The van der Waals surface area contributed by atoms with Crippen LogP contribution in [0.2, 0.25) is 0 Å². The second-order valence-corrected chi connectivity index (χ2v) is 8.48. The number of ether oxygens (including phenoxy) is 2. The number of aliphatic carboxylic acids is 1. The Labute approximate surface area is 153 Å². The van der Waals surface area contributed by atoms with Crippen molar-refractivity contribution >= 4 is 11.9 Å². The molecule has 0 heterocycles. The third-order valence-electron chi connectivity index (χ3n) is 5.20. The Bertz CT molecular complexity index is 432. The van der Waals surface area contributed by atoms with Crippen LogP contribution in [0.1, 0.15) is 80.1 Å². The normalized spacial score (nSPS) is 16.8. The predicted molar refractivity (Wildman–Crippen MR) is 96.9 cm³/mol. The SMILES string of the molecule is CCCCC(C)(CC)CC(C)(CC(C)(C)C(=O)OCCOC)C(=O)[O-]. The molecule has 0 radical (unpaired) electrons. The third-order valence-corrected chi connectivity index (χ3v) is 5.20. The van der Waals surface area contributed by atoms with E-state index in [0.717, 1.165) is 25.7 Å². The highest BCUT2D eigenvalue weighted by Gasteiger charge is 2.42. The maximum absolute atomic E-state index is 12.4. The summed E-state index contributed by atoms with van der Waals surface area (Å²) in [5, 5.41) is 12.0. The van der Waals surface area contributed by atoms with Gasteiger partial charge in [-0.3, -0.25) is 4.79 Å². The molecule has 0 fully saturated rings. The molecule has 0 saturated heterocycles. The highest BCUT2D eigenvalue weighted by molar-refractivity contribution is 5.78. The van der Waals surface area contributed by atoms with Gasteiger partial charge in [0.15, 0.2) is 0 Å². The molecular formula is C20H37O5-. The maximum Gasteiger partial charge on any atom is 0.311 e. The van der Waals surface area contributed by atoms with Gasteiger partial charge in [0.2, 0.25) is 0 Å². The van der Waals surface area contributed by atoms with Crippen LogP contribution >= 0.6 is 0 Å². The number of hydrogen-bond donors (Lipinski definition) is 0. The number of rotatable bonds is 13. The summed E-state index contributed by atoms with van der Waals surface area (Å²) in [4.78, 5) is 24.3. The minimum atomic E-state index is -1.10. The molecule has 25 heavy (non-hydrogen) atoms. The molecule has 0 aliphatic heterocycles. The van der Waals surface area contributed by atoms with Crippen molar-refractivity contribution in [3.05, 3.63) is 0 Å². The number of carboxylic acid groups (broad SMARTS) is 1. The molecule has 2 atom stereocenters. The molecule has 5 heteroatoms. The fourth-order valence-corrected chi connectivity index (χ4v) is 3.60. The van der Waals surface area contributed by atoms with E-state index in [1.165, 1.54) is 7.11 Å². The van der Waals surface area contributed by atoms with Crippen LogP contribution < -0.4 is 5.11 Å². The molecule has 0 aromatic rings. The molecule has 0 rings (SSSR count). The van der Waals surface area contributed by atoms with Crippen LogP contribution in [0.15, 0.2) is 0 Å². The highest BCUT2D eigenvalue weighted by atomic mass is 16.6. The molecule has 0 aliphatic rings. The average molecular weight is 358 g/mol. The van der Waals surface area contributed by atoms with Gasteiger partial charge in [-0.2, -0.15) is 0 Å². The summed E-state index contributed by atoms with van der Waals surface area (Å²) in [6, 6.07) is 0. The molecule has 0 aliphatic carbocycles. The Morgan fingerprint density at radius 2 is 1.60 bits per heavy atom. The van der Waals surface area contributed by atoms with E-state index in [4.69, 9.17) is 9.47 Å². The van der Waals surface area contributed by atoms with Crippen molar-refractivity contribution in [2.45, 2.75) is 80.1 Å². The molecule has 2 unspecified atom stereocenters. The van der Waals surface area contributed by atoms with Gasteiger partial charge < -0.3 is 19.4 Å². The monoisotopic (exact) mass is 357 g/mol. The first-order chi connectivity index (χ1) is 11.5. The van der Waals surface area contributed by atoms with Gasteiger partial charge in [-0.1, -0.05) is 47.0 Å². The minimum absolute atomic E-state index is 0.0825. The number of carbonyl (C=O) groups excluding carboxylic acids is 2. The van der Waals surface area contributed by atoms with Crippen LogP contribution in [0, 0.1) is 16.2 Å². The molecular weight excluding hydrogens is 320 g/mol. The van der Waals surface area contributed by atoms with E-state index < -0.39 is 22.8 Å². The fraction of sp³-hybridized carbons (Fsp3) is 0.900. The predicted octanol–water partition coefficient (Wildman–Crippen LogP) is 3.35. The summed E-state index contributed by atoms with van der Waals surface area (Å²) in [6.45, 7) is 12.0. The van der Waals surface area contributed by atoms with Crippen molar-refractivity contribution in [1.29, 1.82) is 0 Å². The Morgan fingerprint density at radius 1 is 1.00 bits per heavy atom. The zero-order chi connectivity index (χ0) is 19.7. The van der Waals surface area contributed by atoms with Gasteiger partial charge in [-0.25, -0.2) is 0 Å². The number of unbranched alkanes of at least 4 members (excludes halogenated alkanes) is 1. The van der Waals surface area contributed by atoms with Crippen LogP contribution in [0.5, 0.6) is 0 Å². The second-order valence-electron chi connectivity index (χ2n) is 8.48. The van der Waals surface area contributed by atoms with Gasteiger partial charge in [-0.05, 0) is 38.5 Å². The molecule has 0 spiro atoms. The number of carbonyl (C=O) groups is 2. The van der Waals surface area contributed by atoms with Crippen LogP contribution in [0.4, 0.5) is 0 Å². The van der Waals surface area contributed by atoms with Crippen LogP contribution in [-0.2, 0) is 19.1 Å². The summed E-state index contributed by atoms with van der Waals surface area (Å²) in [5.74, 6) is -1.50. The summed E-state index contributed by atoms with van der Waals surface area (Å²) in [7, 11) is 1.54. The van der Waals surface area contributed by atoms with Gasteiger partial charge in [0.1, 0.15) is 6.61 Å². The maximum atomic E-state index is 12.4. The Hall–Kier alpha value is -1.10. The summed E-state index contributed by atoms with van der Waals surface area (Å²) in [6.07, 6.45) is 4.70. The second kappa shape index (κ2) is 10.1.